The normalized spacial score (nSPS) is 52.0. The second-order valence-electron chi connectivity index (χ2n) is 27.2. The Morgan fingerprint density at radius 1 is 0.590 bits per heavy atom. The quantitative estimate of drug-likeness (QED) is 0.0521. The summed E-state index contributed by atoms with van der Waals surface area (Å²) in [4.78, 5) is 38.2. The fourth-order valence-corrected chi connectivity index (χ4v) is 17.3. The Balaban J connectivity index is 1.02. The lowest BCUT2D eigenvalue weighted by Crippen LogP contribution is -2.73. The predicted octanol–water partition coefficient (Wildman–Crippen LogP) is -1.75. The van der Waals surface area contributed by atoms with E-state index in [1.807, 2.05) is 27.7 Å². The minimum atomic E-state index is -2.12. The van der Waals surface area contributed by atoms with Gasteiger partial charge in [0.1, 0.15) is 85.5 Å². The molecular formula is C57H90O26. The van der Waals surface area contributed by atoms with E-state index in [1.165, 1.54) is 13.8 Å². The summed E-state index contributed by atoms with van der Waals surface area (Å²) < 4.78 is 60.7. The Kier molecular flexibility index (Phi) is 18.3. The Bertz CT molecular complexity index is 2390. The van der Waals surface area contributed by atoms with Gasteiger partial charge in [0.25, 0.3) is 0 Å². The van der Waals surface area contributed by atoms with Crippen LogP contribution in [0, 0.1) is 50.2 Å². The first kappa shape index (κ1) is 64.8. The number of carbonyl (C=O) groups excluding carboxylic acids is 2. The van der Waals surface area contributed by atoms with Gasteiger partial charge in [0.15, 0.2) is 37.4 Å². The van der Waals surface area contributed by atoms with Gasteiger partial charge in [-0.2, -0.15) is 0 Å². The summed E-state index contributed by atoms with van der Waals surface area (Å²) in [6, 6.07) is 0. The lowest BCUT2D eigenvalue weighted by Gasteiger charge is -2.72. The van der Waals surface area contributed by atoms with Crippen LogP contribution in [0.25, 0.3) is 0 Å². The number of hydrogen-bond acceptors (Lipinski definition) is 25. The Morgan fingerprint density at radius 3 is 1.75 bits per heavy atom. The molecule has 0 bridgehead atoms. The van der Waals surface area contributed by atoms with E-state index >= 15 is 0 Å². The maximum atomic E-state index is 13.2. The molecule has 0 spiro atoms. The SMILES string of the molecule is CC(=O)O[C@@H]1[C@@H](O)[C@H](C)O[C@@H](O[C@H]2[C@H](OC(C)=O)[C@@]3(CO)C(CC2(C)C)C2=CCC4[C@@]5(C)CC[C@H](O[C@@H]6O[C@H](C(=O)O)[C@@H](O)[C@H](O[C@@H]7O[C@@H](CO)[C@H](O)[C@H]7O)[C@H]6O[C@@H]6O[C@H](CO)[C@H](O)[C@H](O)[C@H]6O)C(C)(C)C5CC[C@@]4(C)[C@]2(C)C[C@H]3O)[C@@H]1O. The number of aliphatic hydroxyl groups excluding tert-OH is 12. The molecule has 0 aromatic rings. The second-order valence-corrected chi connectivity index (χ2v) is 27.2. The van der Waals surface area contributed by atoms with Crippen LogP contribution in [0.5, 0.6) is 0 Å². The van der Waals surface area contributed by atoms with E-state index in [-0.39, 0.29) is 18.3 Å². The molecule has 4 aliphatic heterocycles. The molecular weight excluding hydrogens is 1100 g/mol. The molecule has 3 unspecified atom stereocenters. The summed E-state index contributed by atoms with van der Waals surface area (Å²) >= 11 is 0. The average molecular weight is 1190 g/mol. The molecule has 4 heterocycles. The predicted molar refractivity (Wildman–Crippen MR) is 279 cm³/mol. The third-order valence-corrected chi connectivity index (χ3v) is 21.9. The number of fused-ring (bicyclic) bond motifs is 7. The summed E-state index contributed by atoms with van der Waals surface area (Å²) in [7, 11) is 0. The molecule has 5 aliphatic carbocycles. The summed E-state index contributed by atoms with van der Waals surface area (Å²) in [6.07, 6.45) is -31.2. The molecule has 0 aromatic heterocycles. The third kappa shape index (κ3) is 10.5. The molecule has 9 aliphatic rings. The van der Waals surface area contributed by atoms with Crippen LogP contribution in [-0.2, 0) is 61.8 Å². The minimum Gasteiger partial charge on any atom is -0.479 e. The zero-order chi connectivity index (χ0) is 61.2. The van der Waals surface area contributed by atoms with Gasteiger partial charge in [0.05, 0.1) is 43.5 Å². The maximum absolute atomic E-state index is 13.2. The fourth-order valence-electron chi connectivity index (χ4n) is 17.3. The van der Waals surface area contributed by atoms with Crippen molar-refractivity contribution in [1.82, 2.24) is 0 Å². The second kappa shape index (κ2) is 23.4. The highest BCUT2D eigenvalue weighted by Gasteiger charge is 2.74. The van der Waals surface area contributed by atoms with E-state index in [4.69, 9.17) is 47.4 Å². The number of aliphatic hydroxyl groups is 12. The van der Waals surface area contributed by atoms with Crippen molar-refractivity contribution in [2.75, 3.05) is 19.8 Å². The van der Waals surface area contributed by atoms with Crippen LogP contribution < -0.4 is 0 Å². The largest absolute Gasteiger partial charge is 0.479 e. The van der Waals surface area contributed by atoms with Gasteiger partial charge in [-0.3, -0.25) is 9.59 Å². The molecule has 0 amide bonds. The van der Waals surface area contributed by atoms with Gasteiger partial charge in [0.2, 0.25) is 0 Å². The number of carboxylic acids is 1. The van der Waals surface area contributed by atoms with E-state index in [0.717, 1.165) is 12.5 Å². The number of carboxylic acid groups (broad SMARTS) is 1. The standard InChI is InChI=1S/C57H90O26/c1-22-33(64)41(75-23(2)61)40(71)50(74-22)83-45-46(76-24(3)62)57(21-60)26(17-52(45,4)5)25-11-12-30-54(8)15-14-32(53(6,7)29(54)13-16-55(30,9)56(25,10)18-31(57)63)79-51-44(82-49-38(69)36(67)34(65)27(19-58)77-49)42(39(70)43(81-51)47(72)73)80-48-37(68)35(66)28(20-59)78-48/h11,22,26-46,48-51,58-60,63-71H,12-21H2,1-10H3,(H,72,73)/t22-,26?,27+,28-,29?,30?,31+,32-,33-,34-,35-,36-,37+,38+,39-,40+,41+,42-,43-,44+,45-,46-,48-,49-,50-,51+,54-,55+,56+,57-/m0/s1. The van der Waals surface area contributed by atoms with Crippen molar-refractivity contribution in [3.05, 3.63) is 11.6 Å². The van der Waals surface area contributed by atoms with Gasteiger partial charge in [-0.15, -0.1) is 0 Å². The molecule has 0 aromatic carbocycles. The molecule has 26 nitrogen and oxygen atoms in total. The Labute approximate surface area is 481 Å². The van der Waals surface area contributed by atoms with Crippen molar-refractivity contribution >= 4 is 17.9 Å². The van der Waals surface area contributed by atoms with Crippen molar-refractivity contribution in [3.63, 3.8) is 0 Å². The van der Waals surface area contributed by atoms with Crippen LogP contribution in [0.15, 0.2) is 11.6 Å². The van der Waals surface area contributed by atoms with Crippen molar-refractivity contribution in [2.45, 2.75) is 255 Å². The summed E-state index contributed by atoms with van der Waals surface area (Å²) in [5, 5.41) is 143. The van der Waals surface area contributed by atoms with Crippen molar-refractivity contribution in [3.8, 4) is 0 Å². The zero-order valence-corrected chi connectivity index (χ0v) is 48.8. The number of hydrogen-bond donors (Lipinski definition) is 13. The Morgan fingerprint density at radius 2 is 1.17 bits per heavy atom. The molecule has 4 saturated heterocycles. The molecule has 8 fully saturated rings. The van der Waals surface area contributed by atoms with Crippen LogP contribution in [0.3, 0.4) is 0 Å². The maximum Gasteiger partial charge on any atom is 0.335 e. The monoisotopic (exact) mass is 1190 g/mol. The topological polar surface area (TPSA) is 407 Å². The summed E-state index contributed by atoms with van der Waals surface area (Å²) in [5.41, 5.74) is -3.78. The number of allylic oxidation sites excluding steroid dienone is 2. The third-order valence-electron chi connectivity index (χ3n) is 21.9. The zero-order valence-electron chi connectivity index (χ0n) is 48.8. The Hall–Kier alpha value is -2.65. The number of ether oxygens (including phenoxy) is 10. The first-order chi connectivity index (χ1) is 38.7. The number of rotatable bonds is 14. The molecule has 474 valence electrons. The number of carbonyl (C=O) groups is 3. The van der Waals surface area contributed by atoms with Gasteiger partial charge in [-0.1, -0.05) is 60.1 Å². The van der Waals surface area contributed by atoms with Gasteiger partial charge in [-0.05, 0) is 96.7 Å². The molecule has 4 saturated carbocycles. The van der Waals surface area contributed by atoms with Gasteiger partial charge in [0, 0.05) is 13.8 Å². The number of esters is 2. The first-order valence-electron chi connectivity index (χ1n) is 29.2. The first-order valence-corrected chi connectivity index (χ1v) is 29.2. The number of aliphatic carboxylic acids is 1. The average Bonchev–Trinajstić information content (AvgIpc) is 1.44. The van der Waals surface area contributed by atoms with Gasteiger partial charge >= 0.3 is 17.9 Å². The van der Waals surface area contributed by atoms with Gasteiger partial charge < -0.3 is 114 Å². The van der Waals surface area contributed by atoms with Crippen LogP contribution in [0.2, 0.25) is 0 Å². The van der Waals surface area contributed by atoms with Crippen LogP contribution in [0.1, 0.15) is 114 Å². The van der Waals surface area contributed by atoms with Crippen molar-refractivity contribution in [2.24, 2.45) is 50.2 Å². The molecule has 83 heavy (non-hydrogen) atoms. The van der Waals surface area contributed by atoms with E-state index < -0.39 is 217 Å². The van der Waals surface area contributed by atoms with E-state index in [0.29, 0.717) is 38.5 Å². The van der Waals surface area contributed by atoms with Crippen LogP contribution >= 0.6 is 0 Å². The van der Waals surface area contributed by atoms with Crippen LogP contribution in [-0.4, -0.2) is 245 Å². The summed E-state index contributed by atoms with van der Waals surface area (Å²) in [5.74, 6) is -3.78. The highest BCUT2D eigenvalue weighted by Crippen LogP contribution is 2.76. The minimum absolute atomic E-state index is 0.0191. The summed E-state index contributed by atoms with van der Waals surface area (Å²) in [6.45, 7) is 16.3. The van der Waals surface area contributed by atoms with E-state index in [2.05, 4.69) is 26.8 Å². The molecule has 0 radical (unpaired) electrons. The van der Waals surface area contributed by atoms with E-state index in [1.54, 1.807) is 0 Å². The molecule has 26 heteroatoms. The highest BCUT2D eigenvalue weighted by atomic mass is 16.8. The van der Waals surface area contributed by atoms with Crippen LogP contribution in [0.4, 0.5) is 0 Å². The van der Waals surface area contributed by atoms with Crippen molar-refractivity contribution < 1.29 is 128 Å². The fraction of sp³-hybridized carbons (Fsp3) is 0.912. The van der Waals surface area contributed by atoms with Gasteiger partial charge in [-0.25, -0.2) is 4.79 Å². The van der Waals surface area contributed by atoms with Crippen molar-refractivity contribution in [1.29, 1.82) is 0 Å². The smallest absolute Gasteiger partial charge is 0.335 e. The lowest BCUT2D eigenvalue weighted by molar-refractivity contribution is -0.386. The van der Waals surface area contributed by atoms with E-state index in [9.17, 15) is 80.8 Å². The molecule has 13 N–H and O–H groups in total. The highest BCUT2D eigenvalue weighted by molar-refractivity contribution is 5.73. The molecule has 30 atom stereocenters. The lowest BCUT2D eigenvalue weighted by atomic mass is 9.33. The molecule has 9 rings (SSSR count).